The van der Waals surface area contributed by atoms with Crippen LogP contribution in [0.3, 0.4) is 0 Å². The van der Waals surface area contributed by atoms with Crippen molar-refractivity contribution in [1.82, 2.24) is 14.9 Å². The molecular weight excluding hydrogens is 288 g/mol. The quantitative estimate of drug-likeness (QED) is 0.873. The lowest BCUT2D eigenvalue weighted by molar-refractivity contribution is 0.0684. The predicted molar refractivity (Wildman–Crippen MR) is 85.5 cm³/mol. The van der Waals surface area contributed by atoms with E-state index < -0.39 is 0 Å². The molecule has 5 heteroatoms. The zero-order chi connectivity index (χ0) is 16.1. The molecule has 1 amide bonds. The number of amides is 1. The van der Waals surface area contributed by atoms with Gasteiger partial charge in [0.15, 0.2) is 0 Å². The van der Waals surface area contributed by atoms with Crippen molar-refractivity contribution in [2.24, 2.45) is 5.92 Å². The molecule has 1 fully saturated rings. The fourth-order valence-electron chi connectivity index (χ4n) is 2.97. The highest BCUT2D eigenvalue weighted by molar-refractivity contribution is 5.92. The minimum atomic E-state index is -0.0815. The Kier molecular flexibility index (Phi) is 4.62. The van der Waals surface area contributed by atoms with Gasteiger partial charge in [0.05, 0.1) is 11.6 Å². The Hall–Kier alpha value is -2.74. The molecule has 0 saturated carbocycles. The number of rotatable bonds is 3. The Morgan fingerprint density at radius 2 is 2.13 bits per heavy atom. The van der Waals surface area contributed by atoms with Crippen LogP contribution in [0.5, 0.6) is 0 Å². The molecule has 0 aliphatic carbocycles. The van der Waals surface area contributed by atoms with Crippen molar-refractivity contribution in [2.45, 2.75) is 19.3 Å². The summed E-state index contributed by atoms with van der Waals surface area (Å²) in [6, 6.07) is 9.27. The number of hydrogen-bond donors (Lipinski definition) is 0. The molecule has 1 aliphatic rings. The van der Waals surface area contributed by atoms with E-state index in [1.165, 1.54) is 11.8 Å². The second-order valence-electron chi connectivity index (χ2n) is 5.84. The Bertz CT molecular complexity index is 715. The van der Waals surface area contributed by atoms with Gasteiger partial charge in [0.25, 0.3) is 5.91 Å². The van der Waals surface area contributed by atoms with E-state index in [0.29, 0.717) is 17.2 Å². The van der Waals surface area contributed by atoms with Crippen LogP contribution >= 0.6 is 0 Å². The zero-order valence-electron chi connectivity index (χ0n) is 12.9. The van der Waals surface area contributed by atoms with Crippen molar-refractivity contribution in [3.63, 3.8) is 0 Å². The normalized spacial score (nSPS) is 15.2. The van der Waals surface area contributed by atoms with E-state index in [-0.39, 0.29) is 5.91 Å². The average molecular weight is 306 g/mol. The Balaban J connectivity index is 1.58. The van der Waals surface area contributed by atoms with Gasteiger partial charge in [0.1, 0.15) is 5.69 Å². The van der Waals surface area contributed by atoms with Crippen molar-refractivity contribution in [3.8, 4) is 6.07 Å². The van der Waals surface area contributed by atoms with Crippen LogP contribution < -0.4 is 0 Å². The molecule has 3 rings (SSSR count). The first kappa shape index (κ1) is 15.2. The third-order valence-corrected chi connectivity index (χ3v) is 4.26. The van der Waals surface area contributed by atoms with E-state index in [1.54, 1.807) is 18.3 Å². The van der Waals surface area contributed by atoms with Gasteiger partial charge in [-0.25, -0.2) is 0 Å². The molecule has 5 nitrogen and oxygen atoms in total. The number of nitriles is 1. The number of hydrogen-bond acceptors (Lipinski definition) is 4. The first-order valence-corrected chi connectivity index (χ1v) is 7.80. The van der Waals surface area contributed by atoms with Crippen LogP contribution in [0, 0.1) is 17.2 Å². The van der Waals surface area contributed by atoms with Crippen LogP contribution in [0.4, 0.5) is 0 Å². The first-order chi connectivity index (χ1) is 11.3. The maximum Gasteiger partial charge on any atom is 0.272 e. The summed E-state index contributed by atoms with van der Waals surface area (Å²) in [5.41, 5.74) is 2.07. The summed E-state index contributed by atoms with van der Waals surface area (Å²) in [5.74, 6) is 0.503. The molecule has 0 spiro atoms. The fraction of sp³-hybridized carbons (Fsp3) is 0.333. The van der Waals surface area contributed by atoms with Crippen LogP contribution in [0.2, 0.25) is 0 Å². The summed E-state index contributed by atoms with van der Waals surface area (Å²) < 4.78 is 0. The molecule has 0 N–H and O–H groups in total. The van der Waals surface area contributed by atoms with Gasteiger partial charge >= 0.3 is 0 Å². The van der Waals surface area contributed by atoms with E-state index in [4.69, 9.17) is 5.26 Å². The molecule has 0 atom stereocenters. The lowest BCUT2D eigenvalue weighted by Gasteiger charge is -2.31. The van der Waals surface area contributed by atoms with E-state index >= 15 is 0 Å². The van der Waals surface area contributed by atoms with Gasteiger partial charge in [0, 0.05) is 31.7 Å². The van der Waals surface area contributed by atoms with Crippen molar-refractivity contribution in [3.05, 3.63) is 59.7 Å². The van der Waals surface area contributed by atoms with Crippen molar-refractivity contribution < 1.29 is 4.79 Å². The molecule has 1 aliphatic heterocycles. The van der Waals surface area contributed by atoms with Crippen LogP contribution in [0.1, 0.15) is 34.5 Å². The Morgan fingerprint density at radius 1 is 1.30 bits per heavy atom. The van der Waals surface area contributed by atoms with Gasteiger partial charge in [-0.05, 0) is 48.9 Å². The number of carbonyl (C=O) groups excluding carboxylic acids is 1. The summed E-state index contributed by atoms with van der Waals surface area (Å²) in [5, 5.41) is 8.92. The zero-order valence-corrected chi connectivity index (χ0v) is 12.9. The molecule has 1 saturated heterocycles. The summed E-state index contributed by atoms with van der Waals surface area (Å²) >= 11 is 0. The summed E-state index contributed by atoms with van der Waals surface area (Å²) in [7, 11) is 0. The van der Waals surface area contributed by atoms with Crippen LogP contribution in [0.15, 0.2) is 42.9 Å². The molecular formula is C18H18N4O. The topological polar surface area (TPSA) is 69.9 Å². The van der Waals surface area contributed by atoms with Gasteiger partial charge < -0.3 is 4.90 Å². The highest BCUT2D eigenvalue weighted by atomic mass is 16.2. The third-order valence-electron chi connectivity index (χ3n) is 4.26. The molecule has 0 radical (unpaired) electrons. The van der Waals surface area contributed by atoms with Crippen LogP contribution in [-0.4, -0.2) is 33.9 Å². The standard InChI is InChI=1S/C18H18N4O/c19-12-15-3-7-21-17(11-15)18(23)22-8-4-14(5-9-22)10-16-2-1-6-20-13-16/h1-3,6-7,11,13-14H,4-5,8-10H2. The molecule has 2 aromatic rings. The monoisotopic (exact) mass is 306 g/mol. The van der Waals surface area contributed by atoms with Crippen molar-refractivity contribution >= 4 is 5.91 Å². The summed E-state index contributed by atoms with van der Waals surface area (Å²) in [4.78, 5) is 22.6. The minimum Gasteiger partial charge on any atom is -0.337 e. The van der Waals surface area contributed by atoms with E-state index in [0.717, 1.165) is 32.4 Å². The predicted octanol–water partition coefficient (Wildman–Crippen LogP) is 2.44. The Morgan fingerprint density at radius 3 is 2.83 bits per heavy atom. The van der Waals surface area contributed by atoms with Gasteiger partial charge in [-0.2, -0.15) is 5.26 Å². The highest BCUT2D eigenvalue weighted by Crippen LogP contribution is 2.22. The molecule has 0 bridgehead atoms. The summed E-state index contributed by atoms with van der Waals surface area (Å²) in [6.45, 7) is 1.48. The first-order valence-electron chi connectivity index (χ1n) is 7.80. The largest absolute Gasteiger partial charge is 0.337 e. The second kappa shape index (κ2) is 7.01. The smallest absolute Gasteiger partial charge is 0.272 e. The average Bonchev–Trinajstić information content (AvgIpc) is 2.63. The van der Waals surface area contributed by atoms with Gasteiger partial charge in [-0.3, -0.25) is 14.8 Å². The van der Waals surface area contributed by atoms with Crippen LogP contribution in [-0.2, 0) is 6.42 Å². The van der Waals surface area contributed by atoms with E-state index in [2.05, 4.69) is 16.0 Å². The number of nitrogens with zero attached hydrogens (tertiary/aromatic N) is 4. The second-order valence-corrected chi connectivity index (χ2v) is 5.84. The molecule has 0 aromatic carbocycles. The number of likely N-dealkylation sites (tertiary alicyclic amines) is 1. The lowest BCUT2D eigenvalue weighted by atomic mass is 9.90. The van der Waals surface area contributed by atoms with Gasteiger partial charge in [-0.15, -0.1) is 0 Å². The molecule has 0 unspecified atom stereocenters. The van der Waals surface area contributed by atoms with E-state index in [1.807, 2.05) is 23.2 Å². The van der Waals surface area contributed by atoms with Crippen molar-refractivity contribution in [1.29, 1.82) is 5.26 Å². The van der Waals surface area contributed by atoms with Gasteiger partial charge in [0.2, 0.25) is 0 Å². The minimum absolute atomic E-state index is 0.0815. The Labute approximate surface area is 135 Å². The maximum absolute atomic E-state index is 12.5. The van der Waals surface area contributed by atoms with Crippen molar-refractivity contribution in [2.75, 3.05) is 13.1 Å². The molecule has 116 valence electrons. The van der Waals surface area contributed by atoms with E-state index in [9.17, 15) is 4.79 Å². The number of aromatic nitrogens is 2. The molecule has 23 heavy (non-hydrogen) atoms. The highest BCUT2D eigenvalue weighted by Gasteiger charge is 2.24. The van der Waals surface area contributed by atoms with Gasteiger partial charge in [-0.1, -0.05) is 6.07 Å². The number of carbonyl (C=O) groups is 1. The maximum atomic E-state index is 12.5. The number of piperidine rings is 1. The number of pyridine rings is 2. The van der Waals surface area contributed by atoms with Crippen LogP contribution in [0.25, 0.3) is 0 Å². The lowest BCUT2D eigenvalue weighted by Crippen LogP contribution is -2.39. The summed E-state index contributed by atoms with van der Waals surface area (Å²) in [6.07, 6.45) is 8.19. The fourth-order valence-corrected chi connectivity index (χ4v) is 2.97. The third kappa shape index (κ3) is 3.72. The molecule has 3 heterocycles. The molecule has 2 aromatic heterocycles. The SMILES string of the molecule is N#Cc1ccnc(C(=O)N2CCC(Cc3cccnc3)CC2)c1.